The molecule has 0 bridgehead atoms. The molecule has 7 heteroatoms. The maximum atomic E-state index is 5.88. The van der Waals surface area contributed by atoms with Crippen molar-refractivity contribution in [3.8, 4) is 0 Å². The van der Waals surface area contributed by atoms with E-state index in [1.165, 1.54) is 16.7 Å². The topological polar surface area (TPSA) is 80.0 Å². The van der Waals surface area contributed by atoms with Crippen LogP contribution in [0.4, 0.5) is 11.8 Å². The summed E-state index contributed by atoms with van der Waals surface area (Å²) < 4.78 is 0. The lowest BCUT2D eigenvalue weighted by Gasteiger charge is -2.20. The van der Waals surface area contributed by atoms with Gasteiger partial charge >= 0.3 is 0 Å². The van der Waals surface area contributed by atoms with E-state index in [0.717, 1.165) is 28.7 Å². The van der Waals surface area contributed by atoms with Gasteiger partial charge in [-0.1, -0.05) is 6.07 Å². The summed E-state index contributed by atoms with van der Waals surface area (Å²) >= 11 is 1.76. The number of nitrogens with one attached hydrogen (secondary N) is 1. The Kier molecular flexibility index (Phi) is 3.19. The minimum absolute atomic E-state index is 0.289. The van der Waals surface area contributed by atoms with Crippen LogP contribution in [0.3, 0.4) is 0 Å². The fourth-order valence-corrected chi connectivity index (χ4v) is 4.14. The van der Waals surface area contributed by atoms with E-state index in [9.17, 15) is 0 Å². The lowest BCUT2D eigenvalue weighted by atomic mass is 10.1. The second kappa shape index (κ2) is 5.10. The van der Waals surface area contributed by atoms with E-state index in [1.54, 1.807) is 11.8 Å². The quantitative estimate of drug-likeness (QED) is 0.822. The van der Waals surface area contributed by atoms with E-state index < -0.39 is 0 Å². The molecule has 4 heterocycles. The van der Waals surface area contributed by atoms with Crippen LogP contribution in [0, 0.1) is 13.8 Å². The molecule has 0 amide bonds. The van der Waals surface area contributed by atoms with Gasteiger partial charge < -0.3 is 5.73 Å². The van der Waals surface area contributed by atoms with Crippen molar-refractivity contribution in [3.63, 3.8) is 0 Å². The van der Waals surface area contributed by atoms with Crippen LogP contribution in [0.2, 0.25) is 0 Å². The molecular weight excluding hydrogens is 296 g/mol. The van der Waals surface area contributed by atoms with E-state index in [0.29, 0.717) is 12.5 Å². The van der Waals surface area contributed by atoms with E-state index in [2.05, 4.69) is 45.3 Å². The normalized spacial score (nSPS) is 19.4. The van der Waals surface area contributed by atoms with Crippen LogP contribution < -0.4 is 16.2 Å². The summed E-state index contributed by atoms with van der Waals surface area (Å²) in [7, 11) is 0. The van der Waals surface area contributed by atoms with Gasteiger partial charge in [-0.2, -0.15) is 4.98 Å². The highest BCUT2D eigenvalue weighted by Gasteiger charge is 2.36. The summed E-state index contributed by atoms with van der Waals surface area (Å²) in [5.74, 6) is 2.29. The number of nitrogen functional groups attached to an aromatic ring is 1. The van der Waals surface area contributed by atoms with Gasteiger partial charge in [-0.05, 0) is 31.4 Å². The molecule has 2 aromatic rings. The molecule has 0 fully saturated rings. The van der Waals surface area contributed by atoms with Crippen LogP contribution >= 0.6 is 11.8 Å². The Morgan fingerprint density at radius 2 is 2.27 bits per heavy atom. The van der Waals surface area contributed by atoms with Gasteiger partial charge in [0, 0.05) is 17.5 Å². The number of pyridine rings is 1. The van der Waals surface area contributed by atoms with Gasteiger partial charge in [0.1, 0.15) is 5.03 Å². The molecule has 1 unspecified atom stereocenters. The molecule has 6 nitrogen and oxygen atoms in total. The lowest BCUT2D eigenvalue weighted by molar-refractivity contribution is 0.520. The van der Waals surface area contributed by atoms with Crippen molar-refractivity contribution in [1.82, 2.24) is 20.4 Å². The molecule has 22 heavy (non-hydrogen) atoms. The smallest absolute Gasteiger partial charge is 0.223 e. The molecule has 0 saturated carbocycles. The minimum Gasteiger partial charge on any atom is -0.368 e. The Hall–Kier alpha value is -1.86. The highest BCUT2D eigenvalue weighted by atomic mass is 32.2. The third kappa shape index (κ3) is 2.21. The van der Waals surface area contributed by atoms with E-state index >= 15 is 0 Å². The number of hydrogen-bond acceptors (Lipinski definition) is 7. The molecule has 4 rings (SSSR count). The van der Waals surface area contributed by atoms with Gasteiger partial charge in [0.05, 0.1) is 18.3 Å². The molecule has 0 radical (unpaired) electrons. The largest absolute Gasteiger partial charge is 0.368 e. The van der Waals surface area contributed by atoms with E-state index in [1.807, 2.05) is 6.20 Å². The van der Waals surface area contributed by atoms with Crippen LogP contribution in [-0.2, 0) is 6.54 Å². The first-order valence-corrected chi connectivity index (χ1v) is 8.36. The number of rotatable bonds is 2. The Morgan fingerprint density at radius 1 is 1.41 bits per heavy atom. The van der Waals surface area contributed by atoms with Crippen molar-refractivity contribution >= 4 is 23.5 Å². The zero-order chi connectivity index (χ0) is 15.3. The molecular formula is C15H18N6S. The van der Waals surface area contributed by atoms with Gasteiger partial charge in [-0.25, -0.2) is 10.4 Å². The monoisotopic (exact) mass is 314 g/mol. The Balaban J connectivity index is 1.71. The minimum atomic E-state index is 0.289. The number of nitrogens with zero attached hydrogens (tertiary/aromatic N) is 4. The SMILES string of the molecule is Cc1cnc(CN2NC3CCSc4nc(N)nc2c43)c(C)c1. The van der Waals surface area contributed by atoms with Gasteiger partial charge in [0.2, 0.25) is 5.95 Å². The molecule has 3 N–H and O–H groups in total. The number of aryl methyl sites for hydroxylation is 2. The summed E-state index contributed by atoms with van der Waals surface area (Å²) in [5, 5.41) is 3.08. The van der Waals surface area contributed by atoms with Crippen molar-refractivity contribution in [2.75, 3.05) is 16.5 Å². The average molecular weight is 314 g/mol. The standard InChI is InChI=1S/C15H18N6S/c1-8-5-9(2)11(17-6-8)7-21-13-12-10(20-21)3-4-22-14(12)19-15(16)18-13/h5-6,10,20H,3-4,7H2,1-2H3,(H2,16,18,19). The van der Waals surface area contributed by atoms with E-state index in [-0.39, 0.29) is 6.04 Å². The third-order valence-corrected chi connectivity index (χ3v) is 5.12. The molecule has 0 spiro atoms. The Bertz CT molecular complexity index is 747. The highest BCUT2D eigenvalue weighted by molar-refractivity contribution is 7.99. The number of thioether (sulfide) groups is 1. The van der Waals surface area contributed by atoms with Crippen molar-refractivity contribution < 1.29 is 0 Å². The Morgan fingerprint density at radius 3 is 3.09 bits per heavy atom. The zero-order valence-corrected chi connectivity index (χ0v) is 13.4. The predicted octanol–water partition coefficient (Wildman–Crippen LogP) is 2.13. The number of hydrazine groups is 1. The number of nitrogens with two attached hydrogens (primary N) is 1. The first-order valence-electron chi connectivity index (χ1n) is 7.38. The van der Waals surface area contributed by atoms with Crippen LogP contribution in [0.5, 0.6) is 0 Å². The first kappa shape index (κ1) is 13.8. The van der Waals surface area contributed by atoms with Crippen LogP contribution in [0.25, 0.3) is 0 Å². The summed E-state index contributed by atoms with van der Waals surface area (Å²) in [4.78, 5) is 13.4. The number of anilines is 2. The summed E-state index contributed by atoms with van der Waals surface area (Å²) in [5.41, 5.74) is 14.0. The number of hydrogen-bond donors (Lipinski definition) is 2. The predicted molar refractivity (Wildman–Crippen MR) is 87.6 cm³/mol. The van der Waals surface area contributed by atoms with Crippen molar-refractivity contribution in [2.24, 2.45) is 0 Å². The maximum Gasteiger partial charge on any atom is 0.223 e. The molecule has 0 saturated heterocycles. The Labute approximate surface area is 133 Å². The first-order chi connectivity index (χ1) is 10.6. The third-order valence-electron chi connectivity index (χ3n) is 4.10. The highest BCUT2D eigenvalue weighted by Crippen LogP contribution is 2.44. The van der Waals surface area contributed by atoms with Crippen LogP contribution in [-0.4, -0.2) is 20.7 Å². The molecule has 2 aliphatic rings. The van der Waals surface area contributed by atoms with Crippen molar-refractivity contribution in [2.45, 2.75) is 37.9 Å². The van der Waals surface area contributed by atoms with Crippen LogP contribution in [0.1, 0.15) is 34.8 Å². The fraction of sp³-hybridized carbons (Fsp3) is 0.400. The summed E-state index contributed by atoms with van der Waals surface area (Å²) in [6, 6.07) is 2.45. The van der Waals surface area contributed by atoms with Gasteiger partial charge in [0.25, 0.3) is 0 Å². The summed E-state index contributed by atoms with van der Waals surface area (Å²) in [6.07, 6.45) is 2.99. The molecule has 0 aromatic carbocycles. The zero-order valence-electron chi connectivity index (χ0n) is 12.6. The van der Waals surface area contributed by atoms with Gasteiger partial charge in [-0.3, -0.25) is 9.99 Å². The second-order valence-electron chi connectivity index (χ2n) is 5.81. The molecule has 0 aliphatic carbocycles. The second-order valence-corrected chi connectivity index (χ2v) is 6.89. The molecule has 2 aromatic heterocycles. The maximum absolute atomic E-state index is 5.88. The molecule has 2 aliphatic heterocycles. The summed E-state index contributed by atoms with van der Waals surface area (Å²) in [6.45, 7) is 4.83. The van der Waals surface area contributed by atoms with Gasteiger partial charge in [0.15, 0.2) is 5.82 Å². The fourth-order valence-electron chi connectivity index (χ4n) is 3.05. The number of aromatic nitrogens is 3. The van der Waals surface area contributed by atoms with Gasteiger partial charge in [-0.15, -0.1) is 11.8 Å². The average Bonchev–Trinajstić information content (AvgIpc) is 2.81. The van der Waals surface area contributed by atoms with Crippen molar-refractivity contribution in [3.05, 3.63) is 34.6 Å². The van der Waals surface area contributed by atoms with E-state index in [4.69, 9.17) is 5.73 Å². The molecule has 114 valence electrons. The van der Waals surface area contributed by atoms with Crippen molar-refractivity contribution in [1.29, 1.82) is 0 Å². The molecule has 1 atom stereocenters. The van der Waals surface area contributed by atoms with Crippen LogP contribution in [0.15, 0.2) is 17.3 Å². The lowest BCUT2D eigenvalue weighted by Crippen LogP contribution is -2.35.